The monoisotopic (exact) mass is 348 g/mol. The number of ether oxygens (including phenoxy) is 1. The van der Waals surface area contributed by atoms with Crippen LogP contribution in [0, 0.1) is 0 Å². The second-order valence-corrected chi connectivity index (χ2v) is 6.49. The Morgan fingerprint density at radius 1 is 1.12 bits per heavy atom. The number of carbonyl (C=O) groups excluding carboxylic acids is 2. The van der Waals surface area contributed by atoms with Gasteiger partial charge in [0.25, 0.3) is 5.91 Å². The van der Waals surface area contributed by atoms with Crippen LogP contribution in [0.3, 0.4) is 0 Å². The van der Waals surface area contributed by atoms with Crippen LogP contribution in [0.4, 0.5) is 0 Å². The molecule has 0 aliphatic rings. The van der Waals surface area contributed by atoms with Gasteiger partial charge < -0.3 is 14.1 Å². The Balaban J connectivity index is 2.10. The van der Waals surface area contributed by atoms with Gasteiger partial charge in [0.05, 0.1) is 5.52 Å². The molecule has 7 heteroatoms. The Kier molecular flexibility index (Phi) is 5.66. The van der Waals surface area contributed by atoms with Crippen molar-refractivity contribution in [1.82, 2.24) is 9.47 Å². The van der Waals surface area contributed by atoms with E-state index in [1.165, 1.54) is 11.5 Å². The fourth-order valence-electron chi connectivity index (χ4n) is 2.89. The zero-order chi connectivity index (χ0) is 18.7. The highest BCUT2D eigenvalue weighted by Crippen LogP contribution is 2.13. The number of esters is 1. The Morgan fingerprint density at radius 3 is 2.32 bits per heavy atom. The third-order valence-corrected chi connectivity index (χ3v) is 3.88. The van der Waals surface area contributed by atoms with Crippen molar-refractivity contribution in [2.24, 2.45) is 0 Å². The predicted molar refractivity (Wildman–Crippen MR) is 93.1 cm³/mol. The second kappa shape index (κ2) is 7.55. The van der Waals surface area contributed by atoms with Crippen LogP contribution in [-0.2, 0) is 20.9 Å². The van der Waals surface area contributed by atoms with Gasteiger partial charge in [-0.3, -0.25) is 14.2 Å². The van der Waals surface area contributed by atoms with E-state index in [0.29, 0.717) is 11.1 Å². The maximum Gasteiger partial charge on any atom is 0.420 e. The minimum absolute atomic E-state index is 0.00547. The van der Waals surface area contributed by atoms with E-state index in [2.05, 4.69) is 0 Å². The lowest BCUT2D eigenvalue weighted by Crippen LogP contribution is -2.47. The molecule has 1 atom stereocenters. The molecule has 0 N–H and O–H groups in total. The lowest BCUT2D eigenvalue weighted by Gasteiger charge is -2.32. The fourth-order valence-corrected chi connectivity index (χ4v) is 2.89. The number of para-hydroxylation sites is 2. The van der Waals surface area contributed by atoms with Crippen molar-refractivity contribution < 1.29 is 18.7 Å². The smallest absolute Gasteiger partial charge is 0.420 e. The van der Waals surface area contributed by atoms with Crippen molar-refractivity contribution in [2.45, 2.75) is 59.4 Å². The van der Waals surface area contributed by atoms with Gasteiger partial charge in [-0.15, -0.1) is 0 Å². The second-order valence-electron chi connectivity index (χ2n) is 6.49. The number of oxazole rings is 1. The quantitative estimate of drug-likeness (QED) is 0.747. The summed E-state index contributed by atoms with van der Waals surface area (Å²) < 4.78 is 11.5. The minimum Gasteiger partial charge on any atom is -0.451 e. The Labute approximate surface area is 146 Å². The van der Waals surface area contributed by atoms with Crippen molar-refractivity contribution in [3.05, 3.63) is 34.8 Å². The van der Waals surface area contributed by atoms with Crippen molar-refractivity contribution in [2.75, 3.05) is 0 Å². The maximum absolute atomic E-state index is 12.5. The van der Waals surface area contributed by atoms with Gasteiger partial charge in [-0.2, -0.15) is 0 Å². The highest BCUT2D eigenvalue weighted by molar-refractivity contribution is 5.84. The first kappa shape index (κ1) is 18.8. The Bertz CT molecular complexity index is 810. The van der Waals surface area contributed by atoms with E-state index in [4.69, 9.17) is 9.15 Å². The SMILES string of the molecule is CC(C)N(C(=O)[C@@H](C)OC(=O)Cn1c(=O)oc2ccccc21)C(C)C. The normalized spacial score (nSPS) is 12.6. The first-order chi connectivity index (χ1) is 11.7. The molecule has 0 spiro atoms. The molecule has 0 aliphatic carbocycles. The number of hydrogen-bond acceptors (Lipinski definition) is 5. The molecule has 0 fully saturated rings. The molecule has 2 rings (SSSR count). The third-order valence-electron chi connectivity index (χ3n) is 3.88. The molecule has 136 valence electrons. The molecule has 0 bridgehead atoms. The third kappa shape index (κ3) is 4.10. The van der Waals surface area contributed by atoms with E-state index in [1.54, 1.807) is 29.2 Å². The van der Waals surface area contributed by atoms with E-state index < -0.39 is 17.8 Å². The number of fused-ring (bicyclic) bond motifs is 1. The lowest BCUT2D eigenvalue weighted by atomic mass is 10.2. The zero-order valence-corrected chi connectivity index (χ0v) is 15.2. The van der Waals surface area contributed by atoms with Gasteiger partial charge in [0.1, 0.15) is 6.54 Å². The van der Waals surface area contributed by atoms with Gasteiger partial charge in [0.15, 0.2) is 11.7 Å². The predicted octanol–water partition coefficient (Wildman–Crippen LogP) is 2.17. The van der Waals surface area contributed by atoms with Gasteiger partial charge >= 0.3 is 11.7 Å². The number of hydrogen-bond donors (Lipinski definition) is 0. The van der Waals surface area contributed by atoms with Gasteiger partial charge in [0.2, 0.25) is 0 Å². The summed E-state index contributed by atoms with van der Waals surface area (Å²) in [5, 5.41) is 0. The van der Waals surface area contributed by atoms with E-state index >= 15 is 0 Å². The van der Waals surface area contributed by atoms with Crippen LogP contribution in [0.25, 0.3) is 11.1 Å². The molecule has 1 heterocycles. The molecular formula is C18H24N2O5. The van der Waals surface area contributed by atoms with Crippen LogP contribution in [0.15, 0.2) is 33.5 Å². The molecule has 7 nitrogen and oxygen atoms in total. The number of nitrogens with zero attached hydrogens (tertiary/aromatic N) is 2. The standard InChI is InChI=1S/C18H24N2O5/c1-11(2)20(12(3)4)17(22)13(5)24-16(21)10-19-14-8-6-7-9-15(14)25-18(19)23/h6-9,11-13H,10H2,1-5H3/t13-/m1/s1. The molecule has 0 unspecified atom stereocenters. The molecule has 1 aromatic heterocycles. The molecule has 1 amide bonds. The summed E-state index contributed by atoms with van der Waals surface area (Å²) in [5.41, 5.74) is 0.907. The average molecular weight is 348 g/mol. The summed E-state index contributed by atoms with van der Waals surface area (Å²) in [4.78, 5) is 38.3. The van der Waals surface area contributed by atoms with Crippen molar-refractivity contribution in [3.63, 3.8) is 0 Å². The van der Waals surface area contributed by atoms with E-state index in [1.807, 2.05) is 27.7 Å². The average Bonchev–Trinajstić information content (AvgIpc) is 2.82. The van der Waals surface area contributed by atoms with Crippen molar-refractivity contribution in [1.29, 1.82) is 0 Å². The minimum atomic E-state index is -0.925. The summed E-state index contributed by atoms with van der Waals surface area (Å²) >= 11 is 0. The first-order valence-electron chi connectivity index (χ1n) is 8.32. The Hall–Kier alpha value is -2.57. The molecule has 0 radical (unpaired) electrons. The fraction of sp³-hybridized carbons (Fsp3) is 0.500. The van der Waals surface area contributed by atoms with Crippen molar-refractivity contribution in [3.8, 4) is 0 Å². The molecular weight excluding hydrogens is 324 g/mol. The van der Waals surface area contributed by atoms with Crippen LogP contribution < -0.4 is 5.76 Å². The number of aromatic nitrogens is 1. The highest BCUT2D eigenvalue weighted by Gasteiger charge is 2.28. The molecule has 0 aliphatic heterocycles. The first-order valence-corrected chi connectivity index (χ1v) is 8.32. The number of amides is 1. The molecule has 0 saturated carbocycles. The number of carbonyl (C=O) groups is 2. The van der Waals surface area contributed by atoms with Crippen LogP contribution >= 0.6 is 0 Å². The maximum atomic E-state index is 12.5. The molecule has 1 aromatic carbocycles. The van der Waals surface area contributed by atoms with Gasteiger partial charge in [-0.25, -0.2) is 4.79 Å². The van der Waals surface area contributed by atoms with Crippen molar-refractivity contribution >= 4 is 23.0 Å². The molecule has 0 saturated heterocycles. The summed E-state index contributed by atoms with van der Waals surface area (Å²) in [6.45, 7) is 8.85. The topological polar surface area (TPSA) is 81.8 Å². The highest BCUT2D eigenvalue weighted by atomic mass is 16.5. The van der Waals surface area contributed by atoms with Crippen LogP contribution in [0.1, 0.15) is 34.6 Å². The number of benzene rings is 1. The number of rotatable bonds is 6. The zero-order valence-electron chi connectivity index (χ0n) is 15.2. The van der Waals surface area contributed by atoms with Gasteiger partial charge in [0, 0.05) is 12.1 Å². The Morgan fingerprint density at radius 2 is 1.72 bits per heavy atom. The lowest BCUT2D eigenvalue weighted by molar-refractivity contribution is -0.161. The molecule has 2 aromatic rings. The summed E-state index contributed by atoms with van der Waals surface area (Å²) in [5.74, 6) is -1.56. The van der Waals surface area contributed by atoms with E-state index in [-0.39, 0.29) is 24.5 Å². The van der Waals surface area contributed by atoms with Crippen LogP contribution in [0.5, 0.6) is 0 Å². The van der Waals surface area contributed by atoms with E-state index in [0.717, 1.165) is 0 Å². The summed E-state index contributed by atoms with van der Waals surface area (Å²) in [6, 6.07) is 6.80. The summed E-state index contributed by atoms with van der Waals surface area (Å²) in [7, 11) is 0. The van der Waals surface area contributed by atoms with Crippen LogP contribution in [0.2, 0.25) is 0 Å². The summed E-state index contributed by atoms with van der Waals surface area (Å²) in [6.07, 6.45) is -0.925. The van der Waals surface area contributed by atoms with Gasteiger partial charge in [-0.1, -0.05) is 12.1 Å². The molecule has 25 heavy (non-hydrogen) atoms. The van der Waals surface area contributed by atoms with Gasteiger partial charge in [-0.05, 0) is 46.8 Å². The van der Waals surface area contributed by atoms with E-state index in [9.17, 15) is 14.4 Å². The van der Waals surface area contributed by atoms with Crippen LogP contribution in [-0.4, -0.2) is 39.5 Å². The largest absolute Gasteiger partial charge is 0.451 e.